The monoisotopic (exact) mass is 229 g/mol. The van der Waals surface area contributed by atoms with Gasteiger partial charge in [0.15, 0.2) is 0 Å². The van der Waals surface area contributed by atoms with Crippen molar-refractivity contribution in [3.05, 3.63) is 54.4 Å². The molecule has 2 rings (SSSR count). The minimum Gasteiger partial charge on any atom is -0.382 e. The van der Waals surface area contributed by atoms with Crippen molar-refractivity contribution >= 4 is 17.6 Å². The van der Waals surface area contributed by atoms with E-state index < -0.39 is 0 Å². The Hall–Kier alpha value is -1.81. The number of hydrogen-bond donors (Lipinski definition) is 2. The lowest BCUT2D eigenvalue weighted by molar-refractivity contribution is 1.21. The van der Waals surface area contributed by atoms with Gasteiger partial charge in [0.05, 0.1) is 0 Å². The minimum absolute atomic E-state index is 0.00416. The van der Waals surface area contributed by atoms with E-state index in [1.54, 1.807) is 18.0 Å². The van der Waals surface area contributed by atoms with Crippen molar-refractivity contribution in [1.82, 2.24) is 4.98 Å². The van der Waals surface area contributed by atoms with Crippen LogP contribution >= 0.6 is 11.8 Å². The van der Waals surface area contributed by atoms with Gasteiger partial charge in [0.1, 0.15) is 11.5 Å². The van der Waals surface area contributed by atoms with E-state index in [1.165, 1.54) is 0 Å². The van der Waals surface area contributed by atoms with Gasteiger partial charge in [-0.15, -0.1) is 0 Å². The van der Waals surface area contributed by atoms with Gasteiger partial charge in [0.25, 0.3) is 0 Å². The van der Waals surface area contributed by atoms with Crippen molar-refractivity contribution in [3.8, 4) is 0 Å². The molecule has 3 nitrogen and oxygen atoms in total. The molecular formula is C12H11N3S. The zero-order valence-electron chi connectivity index (χ0n) is 8.55. The van der Waals surface area contributed by atoms with Crippen LogP contribution in [0, 0.1) is 5.41 Å². The minimum atomic E-state index is -0.00416. The maximum atomic E-state index is 7.32. The Morgan fingerprint density at radius 1 is 1.12 bits per heavy atom. The number of hydrogen-bond acceptors (Lipinski definition) is 3. The smallest absolute Gasteiger partial charge is 0.141 e. The molecular weight excluding hydrogens is 218 g/mol. The largest absolute Gasteiger partial charge is 0.382 e. The van der Waals surface area contributed by atoms with Crippen LogP contribution in [0.3, 0.4) is 0 Å². The van der Waals surface area contributed by atoms with Gasteiger partial charge >= 0.3 is 0 Å². The summed E-state index contributed by atoms with van der Waals surface area (Å²) in [6, 6.07) is 13.8. The van der Waals surface area contributed by atoms with Crippen LogP contribution in [0.25, 0.3) is 0 Å². The highest BCUT2D eigenvalue weighted by Crippen LogP contribution is 2.26. The molecule has 0 aliphatic carbocycles. The number of aromatic nitrogens is 1. The number of amidine groups is 1. The molecule has 0 spiro atoms. The quantitative estimate of drug-likeness (QED) is 0.628. The molecule has 3 N–H and O–H groups in total. The van der Waals surface area contributed by atoms with E-state index in [4.69, 9.17) is 11.1 Å². The highest BCUT2D eigenvalue weighted by molar-refractivity contribution is 7.99. The first-order chi connectivity index (χ1) is 7.75. The fraction of sp³-hybridized carbons (Fsp3) is 0. The summed E-state index contributed by atoms with van der Waals surface area (Å²) in [5.74, 6) is -0.00416. The topological polar surface area (TPSA) is 62.8 Å². The molecule has 1 aromatic heterocycles. The Balaban J connectivity index is 2.22. The van der Waals surface area contributed by atoms with Crippen LogP contribution in [-0.4, -0.2) is 10.8 Å². The molecule has 1 aromatic carbocycles. The number of nitrogens with one attached hydrogen (secondary N) is 1. The summed E-state index contributed by atoms with van der Waals surface area (Å²) in [6.07, 6.45) is 1.67. The third-order valence-corrected chi connectivity index (χ3v) is 2.98. The molecule has 0 aliphatic heterocycles. The molecule has 0 fully saturated rings. The summed E-state index contributed by atoms with van der Waals surface area (Å²) in [7, 11) is 0. The van der Waals surface area contributed by atoms with Crippen molar-refractivity contribution < 1.29 is 0 Å². The molecule has 0 radical (unpaired) electrons. The van der Waals surface area contributed by atoms with Gasteiger partial charge in [-0.05, 0) is 24.3 Å². The van der Waals surface area contributed by atoms with Gasteiger partial charge in [-0.2, -0.15) is 0 Å². The zero-order chi connectivity index (χ0) is 11.4. The second-order valence-corrected chi connectivity index (χ2v) is 4.35. The highest BCUT2D eigenvalue weighted by atomic mass is 32.2. The molecule has 0 unspecified atom stereocenters. The molecule has 2 aromatic rings. The van der Waals surface area contributed by atoms with Crippen LogP contribution in [0.15, 0.2) is 58.5 Å². The molecule has 0 saturated carbocycles. The second kappa shape index (κ2) is 4.81. The molecule has 1 heterocycles. The van der Waals surface area contributed by atoms with Crippen LogP contribution in [-0.2, 0) is 0 Å². The first-order valence-electron chi connectivity index (χ1n) is 4.79. The number of pyridine rings is 1. The molecule has 0 aliphatic rings. The average molecular weight is 229 g/mol. The average Bonchev–Trinajstić information content (AvgIpc) is 2.30. The molecule has 0 bridgehead atoms. The lowest BCUT2D eigenvalue weighted by Gasteiger charge is -2.03. The molecule has 80 valence electrons. The number of rotatable bonds is 3. The summed E-state index contributed by atoms with van der Waals surface area (Å²) in [4.78, 5) is 6.21. The third kappa shape index (κ3) is 2.61. The number of nitrogens with zero attached hydrogens (tertiary/aromatic N) is 1. The van der Waals surface area contributed by atoms with E-state index in [-0.39, 0.29) is 5.84 Å². The molecule has 0 amide bonds. The van der Waals surface area contributed by atoms with Crippen LogP contribution in [0.5, 0.6) is 0 Å². The van der Waals surface area contributed by atoms with Gasteiger partial charge in [-0.1, -0.05) is 30.0 Å². The maximum absolute atomic E-state index is 7.32. The van der Waals surface area contributed by atoms with Crippen molar-refractivity contribution in [2.24, 2.45) is 5.73 Å². The van der Waals surface area contributed by atoms with Gasteiger partial charge in [-0.3, -0.25) is 10.4 Å². The lowest BCUT2D eigenvalue weighted by atomic mass is 10.3. The van der Waals surface area contributed by atoms with Crippen LogP contribution in [0.4, 0.5) is 0 Å². The van der Waals surface area contributed by atoms with Crippen LogP contribution in [0.1, 0.15) is 5.69 Å². The third-order valence-electron chi connectivity index (χ3n) is 1.99. The number of nitrogen functional groups attached to an aromatic ring is 1. The molecule has 0 saturated heterocycles. The van der Waals surface area contributed by atoms with Crippen LogP contribution < -0.4 is 5.73 Å². The summed E-state index contributed by atoms with van der Waals surface area (Å²) in [5.41, 5.74) is 5.90. The van der Waals surface area contributed by atoms with Crippen molar-refractivity contribution in [1.29, 1.82) is 5.41 Å². The summed E-state index contributed by atoms with van der Waals surface area (Å²) in [5, 5.41) is 7.32. The van der Waals surface area contributed by atoms with Gasteiger partial charge in [-0.25, -0.2) is 0 Å². The Kier molecular flexibility index (Phi) is 3.22. The number of benzene rings is 1. The summed E-state index contributed by atoms with van der Waals surface area (Å²) >= 11 is 1.63. The van der Waals surface area contributed by atoms with Gasteiger partial charge in [0.2, 0.25) is 0 Å². The van der Waals surface area contributed by atoms with E-state index >= 15 is 0 Å². The van der Waals surface area contributed by atoms with Crippen LogP contribution in [0.2, 0.25) is 0 Å². The van der Waals surface area contributed by atoms with Gasteiger partial charge in [0, 0.05) is 16.0 Å². The molecule has 4 heteroatoms. The second-order valence-electron chi connectivity index (χ2n) is 3.21. The van der Waals surface area contributed by atoms with E-state index in [1.807, 2.05) is 42.5 Å². The number of nitrogens with two attached hydrogens (primary N) is 1. The van der Waals surface area contributed by atoms with E-state index in [0.717, 1.165) is 9.79 Å². The van der Waals surface area contributed by atoms with E-state index in [9.17, 15) is 0 Å². The van der Waals surface area contributed by atoms with E-state index in [2.05, 4.69) is 4.98 Å². The Bertz CT molecular complexity index is 497. The first kappa shape index (κ1) is 10.7. The SMILES string of the molecule is N=C(N)c1cc(Sc2ccccc2)ccn1. The lowest BCUT2D eigenvalue weighted by Crippen LogP contribution is -2.12. The predicted molar refractivity (Wildman–Crippen MR) is 65.8 cm³/mol. The zero-order valence-corrected chi connectivity index (χ0v) is 9.37. The van der Waals surface area contributed by atoms with E-state index in [0.29, 0.717) is 5.69 Å². The summed E-state index contributed by atoms with van der Waals surface area (Å²) in [6.45, 7) is 0. The maximum Gasteiger partial charge on any atom is 0.141 e. The predicted octanol–water partition coefficient (Wildman–Crippen LogP) is 2.52. The molecule has 0 atom stereocenters. The Morgan fingerprint density at radius 2 is 1.88 bits per heavy atom. The Labute approximate surface area is 98.2 Å². The first-order valence-corrected chi connectivity index (χ1v) is 5.61. The summed E-state index contributed by atoms with van der Waals surface area (Å²) < 4.78 is 0. The van der Waals surface area contributed by atoms with Crippen molar-refractivity contribution in [2.75, 3.05) is 0 Å². The van der Waals surface area contributed by atoms with Gasteiger partial charge < -0.3 is 5.73 Å². The standard InChI is InChI=1S/C12H11N3S/c13-12(14)11-8-10(6-7-15-11)16-9-4-2-1-3-5-9/h1-8H,(H3,13,14). The van der Waals surface area contributed by atoms with Crippen molar-refractivity contribution in [2.45, 2.75) is 9.79 Å². The normalized spacial score (nSPS) is 10.0. The Morgan fingerprint density at radius 3 is 2.56 bits per heavy atom. The highest BCUT2D eigenvalue weighted by Gasteiger charge is 2.01. The fourth-order valence-electron chi connectivity index (χ4n) is 1.25. The van der Waals surface area contributed by atoms with Crippen molar-refractivity contribution in [3.63, 3.8) is 0 Å². The molecule has 16 heavy (non-hydrogen) atoms. The fourth-order valence-corrected chi connectivity index (χ4v) is 2.11.